The molecule has 90 valence electrons. The largest absolute Gasteiger partial charge is 0.392 e. The van der Waals surface area contributed by atoms with Crippen molar-refractivity contribution in [2.45, 2.75) is 37.7 Å². The van der Waals surface area contributed by atoms with Crippen LogP contribution in [0.4, 0.5) is 0 Å². The normalized spacial score (nSPS) is 21.1. The van der Waals surface area contributed by atoms with Gasteiger partial charge in [0.1, 0.15) is 0 Å². The molecule has 2 aromatic heterocycles. The third-order valence-corrected chi connectivity index (χ3v) is 5.45. The molecular weight excluding hydrogens is 248 g/mol. The van der Waals surface area contributed by atoms with Gasteiger partial charge >= 0.3 is 0 Å². The van der Waals surface area contributed by atoms with E-state index in [0.29, 0.717) is 5.92 Å². The molecule has 1 aliphatic rings. The summed E-state index contributed by atoms with van der Waals surface area (Å²) >= 11 is 3.59. The topological polar surface area (TPSA) is 20.2 Å². The smallest absolute Gasteiger partial charge is 0.0657 e. The zero-order valence-corrected chi connectivity index (χ0v) is 11.3. The molecule has 0 aromatic carbocycles. The Balaban J connectivity index is 1.77. The van der Waals surface area contributed by atoms with Crippen LogP contribution in [0, 0.1) is 0 Å². The molecule has 3 heteroatoms. The Bertz CT molecular complexity index is 472. The fourth-order valence-electron chi connectivity index (χ4n) is 2.70. The number of rotatable bonds is 3. The highest BCUT2D eigenvalue weighted by Crippen LogP contribution is 2.37. The molecule has 2 heterocycles. The van der Waals surface area contributed by atoms with Crippen molar-refractivity contribution < 1.29 is 5.11 Å². The first-order valence-electron chi connectivity index (χ1n) is 6.11. The minimum Gasteiger partial charge on any atom is -0.392 e. The summed E-state index contributed by atoms with van der Waals surface area (Å²) in [6.07, 6.45) is 4.14. The van der Waals surface area contributed by atoms with Crippen LogP contribution < -0.4 is 0 Å². The van der Waals surface area contributed by atoms with Crippen molar-refractivity contribution >= 4 is 22.7 Å². The van der Waals surface area contributed by atoms with Gasteiger partial charge in [0, 0.05) is 22.1 Å². The Kier molecular flexibility index (Phi) is 3.32. The molecule has 0 bridgehead atoms. The van der Waals surface area contributed by atoms with Crippen LogP contribution in [0.3, 0.4) is 0 Å². The summed E-state index contributed by atoms with van der Waals surface area (Å²) in [5, 5.41) is 14.7. The van der Waals surface area contributed by atoms with Gasteiger partial charge in [0.15, 0.2) is 0 Å². The number of aliphatic hydroxyl groups excluding tert-OH is 1. The second-order valence-electron chi connectivity index (χ2n) is 4.65. The molecule has 17 heavy (non-hydrogen) atoms. The third-order valence-electron chi connectivity index (χ3n) is 3.55. The molecule has 2 unspecified atom stereocenters. The van der Waals surface area contributed by atoms with Gasteiger partial charge in [-0.15, -0.1) is 22.7 Å². The molecule has 1 aliphatic carbocycles. The zero-order chi connectivity index (χ0) is 11.7. The second kappa shape index (κ2) is 4.92. The van der Waals surface area contributed by atoms with Gasteiger partial charge in [0.05, 0.1) is 6.10 Å². The monoisotopic (exact) mass is 264 g/mol. The van der Waals surface area contributed by atoms with Crippen LogP contribution in [-0.2, 0) is 12.8 Å². The molecule has 0 fully saturated rings. The molecule has 0 saturated heterocycles. The van der Waals surface area contributed by atoms with Gasteiger partial charge in [0.25, 0.3) is 0 Å². The van der Waals surface area contributed by atoms with Crippen molar-refractivity contribution in [3.8, 4) is 0 Å². The molecule has 1 nitrogen and oxygen atoms in total. The predicted octanol–water partition coefficient (Wildman–Crippen LogP) is 3.83. The SMILES string of the molecule is OC(Cc1cccs1)C1CCCc2sccc21. The highest BCUT2D eigenvalue weighted by Gasteiger charge is 2.27. The van der Waals surface area contributed by atoms with Crippen molar-refractivity contribution in [3.63, 3.8) is 0 Å². The summed E-state index contributed by atoms with van der Waals surface area (Å²) in [7, 11) is 0. The van der Waals surface area contributed by atoms with Gasteiger partial charge in [-0.25, -0.2) is 0 Å². The Labute approximate surface area is 110 Å². The summed E-state index contributed by atoms with van der Waals surface area (Å²) in [5.41, 5.74) is 1.41. The number of aliphatic hydroxyl groups is 1. The first-order valence-corrected chi connectivity index (χ1v) is 7.87. The van der Waals surface area contributed by atoms with Crippen LogP contribution in [0.1, 0.15) is 34.1 Å². The van der Waals surface area contributed by atoms with E-state index in [2.05, 4.69) is 29.0 Å². The van der Waals surface area contributed by atoms with E-state index in [9.17, 15) is 5.11 Å². The van der Waals surface area contributed by atoms with Crippen molar-refractivity contribution in [1.29, 1.82) is 0 Å². The molecule has 0 saturated carbocycles. The van der Waals surface area contributed by atoms with Gasteiger partial charge in [0.2, 0.25) is 0 Å². The van der Waals surface area contributed by atoms with Gasteiger partial charge in [-0.1, -0.05) is 6.07 Å². The Hall–Kier alpha value is -0.640. The van der Waals surface area contributed by atoms with Crippen LogP contribution in [-0.4, -0.2) is 11.2 Å². The number of thiophene rings is 2. The average molecular weight is 264 g/mol. The highest BCUT2D eigenvalue weighted by molar-refractivity contribution is 7.10. The lowest BCUT2D eigenvalue weighted by Gasteiger charge is -2.27. The summed E-state index contributed by atoms with van der Waals surface area (Å²) in [6, 6.07) is 6.39. The molecule has 2 atom stereocenters. The van der Waals surface area contributed by atoms with Crippen LogP contribution >= 0.6 is 22.7 Å². The lowest BCUT2D eigenvalue weighted by atomic mass is 9.82. The lowest BCUT2D eigenvalue weighted by molar-refractivity contribution is 0.136. The molecule has 0 spiro atoms. The van der Waals surface area contributed by atoms with E-state index in [-0.39, 0.29) is 6.10 Å². The number of hydrogen-bond donors (Lipinski definition) is 1. The summed E-state index contributed by atoms with van der Waals surface area (Å²) in [6.45, 7) is 0. The van der Waals surface area contributed by atoms with E-state index in [1.807, 2.05) is 11.3 Å². The molecular formula is C14H16OS2. The standard InChI is InChI=1S/C14H16OS2/c15-13(9-10-3-2-7-16-10)11-4-1-5-14-12(11)6-8-17-14/h2-3,6-8,11,13,15H,1,4-5,9H2. The minimum atomic E-state index is -0.220. The van der Waals surface area contributed by atoms with E-state index in [1.54, 1.807) is 11.3 Å². The van der Waals surface area contributed by atoms with E-state index >= 15 is 0 Å². The quantitative estimate of drug-likeness (QED) is 0.893. The fourth-order valence-corrected chi connectivity index (χ4v) is 4.45. The molecule has 0 aliphatic heterocycles. The van der Waals surface area contributed by atoms with E-state index in [4.69, 9.17) is 0 Å². The Morgan fingerprint density at radius 3 is 3.06 bits per heavy atom. The number of hydrogen-bond acceptors (Lipinski definition) is 3. The number of fused-ring (bicyclic) bond motifs is 1. The summed E-state index contributed by atoms with van der Waals surface area (Å²) < 4.78 is 0. The summed E-state index contributed by atoms with van der Waals surface area (Å²) in [4.78, 5) is 2.78. The zero-order valence-electron chi connectivity index (χ0n) is 9.63. The third kappa shape index (κ3) is 2.32. The maximum Gasteiger partial charge on any atom is 0.0657 e. The average Bonchev–Trinajstić information content (AvgIpc) is 2.97. The first-order chi connectivity index (χ1) is 8.34. The maximum absolute atomic E-state index is 10.4. The Morgan fingerprint density at radius 2 is 2.24 bits per heavy atom. The van der Waals surface area contributed by atoms with Gasteiger partial charge in [-0.2, -0.15) is 0 Å². The number of aryl methyl sites for hydroxylation is 1. The molecule has 2 aromatic rings. The second-order valence-corrected chi connectivity index (χ2v) is 6.68. The van der Waals surface area contributed by atoms with E-state index in [0.717, 1.165) is 12.8 Å². The molecule has 0 radical (unpaired) electrons. The predicted molar refractivity (Wildman–Crippen MR) is 74.0 cm³/mol. The fraction of sp³-hybridized carbons (Fsp3) is 0.429. The molecule has 3 rings (SSSR count). The summed E-state index contributed by atoms with van der Waals surface area (Å²) in [5.74, 6) is 0.354. The van der Waals surface area contributed by atoms with Gasteiger partial charge < -0.3 is 5.11 Å². The van der Waals surface area contributed by atoms with Crippen LogP contribution in [0.15, 0.2) is 29.0 Å². The van der Waals surface area contributed by atoms with Crippen molar-refractivity contribution in [2.75, 3.05) is 0 Å². The van der Waals surface area contributed by atoms with Crippen molar-refractivity contribution in [3.05, 3.63) is 44.3 Å². The van der Waals surface area contributed by atoms with Crippen molar-refractivity contribution in [1.82, 2.24) is 0 Å². The van der Waals surface area contributed by atoms with Gasteiger partial charge in [-0.05, 0) is 47.7 Å². The van der Waals surface area contributed by atoms with Gasteiger partial charge in [-0.3, -0.25) is 0 Å². The van der Waals surface area contributed by atoms with E-state index in [1.165, 1.54) is 28.2 Å². The van der Waals surface area contributed by atoms with Crippen LogP contribution in [0.5, 0.6) is 0 Å². The van der Waals surface area contributed by atoms with Crippen LogP contribution in [0.25, 0.3) is 0 Å². The lowest BCUT2D eigenvalue weighted by Crippen LogP contribution is -2.23. The maximum atomic E-state index is 10.4. The first kappa shape index (κ1) is 11.5. The highest BCUT2D eigenvalue weighted by atomic mass is 32.1. The van der Waals surface area contributed by atoms with Crippen LogP contribution in [0.2, 0.25) is 0 Å². The van der Waals surface area contributed by atoms with E-state index < -0.39 is 0 Å². The molecule has 1 N–H and O–H groups in total. The molecule has 0 amide bonds. The van der Waals surface area contributed by atoms with Crippen molar-refractivity contribution in [2.24, 2.45) is 0 Å². The minimum absolute atomic E-state index is 0.220. The Morgan fingerprint density at radius 1 is 1.29 bits per heavy atom.